The molecule has 0 bridgehead atoms. The van der Waals surface area contributed by atoms with Crippen molar-refractivity contribution in [1.29, 1.82) is 0 Å². The van der Waals surface area contributed by atoms with Crippen LogP contribution in [0.4, 0.5) is 9.18 Å². The molecule has 1 N–H and O–H groups in total. The highest BCUT2D eigenvalue weighted by molar-refractivity contribution is 7.22. The molecule has 188 valence electrons. The fourth-order valence-corrected chi connectivity index (χ4v) is 5.37. The molecule has 0 fully saturated rings. The smallest absolute Gasteiger partial charge is 0.407 e. The number of nitrogens with one attached hydrogen (secondary N) is 1. The van der Waals surface area contributed by atoms with Crippen LogP contribution in [-0.2, 0) is 11.2 Å². The number of aromatic nitrogens is 3. The second-order valence-corrected chi connectivity index (χ2v) is 11.3. The Labute approximate surface area is 211 Å². The minimum atomic E-state index is -0.894. The van der Waals surface area contributed by atoms with Crippen molar-refractivity contribution in [2.45, 2.75) is 52.2 Å². The largest absolute Gasteiger partial charge is 0.480 e. The fraction of sp³-hybridized carbons (Fsp3) is 0.385. The topological polar surface area (TPSA) is 95.5 Å². The van der Waals surface area contributed by atoms with Gasteiger partial charge in [-0.05, 0) is 52.3 Å². The van der Waals surface area contributed by atoms with Crippen LogP contribution in [-0.4, -0.2) is 45.9 Å². The molecule has 2 aromatic carbocycles. The number of rotatable bonds is 4. The zero-order valence-corrected chi connectivity index (χ0v) is 21.8. The van der Waals surface area contributed by atoms with Crippen molar-refractivity contribution >= 4 is 38.7 Å². The SMILES string of the molecule is COc1cnc2c(-c3nc4cc(F)c5c(c4s3)C[C@@](C)(COC(=O)NC(C)(C)C)O5)cc(C)cc2n1. The van der Waals surface area contributed by atoms with Gasteiger partial charge < -0.3 is 19.5 Å². The van der Waals surface area contributed by atoms with Gasteiger partial charge in [0.2, 0.25) is 5.88 Å². The highest BCUT2D eigenvalue weighted by Crippen LogP contribution is 2.45. The third kappa shape index (κ3) is 4.53. The van der Waals surface area contributed by atoms with Crippen molar-refractivity contribution in [3.05, 3.63) is 41.3 Å². The Balaban J connectivity index is 1.50. The molecule has 1 aliphatic rings. The summed E-state index contributed by atoms with van der Waals surface area (Å²) in [6.07, 6.45) is 1.41. The van der Waals surface area contributed by atoms with Gasteiger partial charge in [0.25, 0.3) is 0 Å². The van der Waals surface area contributed by atoms with Crippen LogP contribution in [0.15, 0.2) is 24.4 Å². The van der Waals surface area contributed by atoms with E-state index < -0.39 is 23.1 Å². The maximum absolute atomic E-state index is 15.1. The number of carbonyl (C=O) groups is 1. The number of ether oxygens (including phenoxy) is 3. The fourth-order valence-electron chi connectivity index (χ4n) is 4.27. The van der Waals surface area contributed by atoms with Crippen LogP contribution >= 0.6 is 11.3 Å². The first-order valence-electron chi connectivity index (χ1n) is 11.5. The van der Waals surface area contributed by atoms with E-state index in [9.17, 15) is 4.79 Å². The zero-order chi connectivity index (χ0) is 25.8. The molecule has 36 heavy (non-hydrogen) atoms. The Morgan fingerprint density at radius 3 is 2.75 bits per heavy atom. The van der Waals surface area contributed by atoms with Crippen molar-refractivity contribution in [2.24, 2.45) is 0 Å². The molecule has 2 aromatic heterocycles. The summed E-state index contributed by atoms with van der Waals surface area (Å²) in [6.45, 7) is 9.36. The molecule has 1 amide bonds. The molecule has 4 aromatic rings. The summed E-state index contributed by atoms with van der Waals surface area (Å²) < 4.78 is 32.5. The number of carbonyl (C=O) groups excluding carboxylic acids is 1. The number of hydrogen-bond acceptors (Lipinski definition) is 8. The Morgan fingerprint density at radius 2 is 2.03 bits per heavy atom. The molecule has 0 aliphatic carbocycles. The lowest BCUT2D eigenvalue weighted by Crippen LogP contribution is -2.44. The van der Waals surface area contributed by atoms with Crippen LogP contribution in [0.1, 0.15) is 38.8 Å². The number of halogens is 1. The monoisotopic (exact) mass is 510 g/mol. The second-order valence-electron chi connectivity index (χ2n) is 10.3. The molecule has 0 saturated carbocycles. The normalized spacial score (nSPS) is 17.2. The maximum atomic E-state index is 15.1. The quantitative estimate of drug-likeness (QED) is 0.383. The van der Waals surface area contributed by atoms with E-state index in [0.717, 1.165) is 21.4 Å². The summed E-state index contributed by atoms with van der Waals surface area (Å²) in [7, 11) is 1.55. The van der Waals surface area contributed by atoms with Crippen molar-refractivity contribution in [3.63, 3.8) is 0 Å². The average Bonchev–Trinajstić information content (AvgIpc) is 3.37. The number of amides is 1. The van der Waals surface area contributed by atoms with Gasteiger partial charge in [-0.25, -0.2) is 24.1 Å². The van der Waals surface area contributed by atoms with Crippen molar-refractivity contribution in [3.8, 4) is 22.2 Å². The number of methoxy groups -OCH3 is 1. The van der Waals surface area contributed by atoms with Gasteiger partial charge in [0, 0.05) is 29.2 Å². The Morgan fingerprint density at radius 1 is 1.25 bits per heavy atom. The van der Waals surface area contributed by atoms with Crippen molar-refractivity contribution in [2.75, 3.05) is 13.7 Å². The van der Waals surface area contributed by atoms with Gasteiger partial charge in [-0.15, -0.1) is 11.3 Å². The first kappa shape index (κ1) is 24.2. The summed E-state index contributed by atoms with van der Waals surface area (Å²) in [5.41, 5.74) is 3.15. The molecule has 1 aliphatic heterocycles. The third-order valence-electron chi connectivity index (χ3n) is 5.78. The van der Waals surface area contributed by atoms with E-state index in [1.807, 2.05) is 46.8 Å². The van der Waals surface area contributed by atoms with E-state index in [1.165, 1.54) is 17.4 Å². The molecule has 0 saturated heterocycles. The Kier molecular flexibility index (Phi) is 5.74. The lowest BCUT2D eigenvalue weighted by Gasteiger charge is -2.25. The summed E-state index contributed by atoms with van der Waals surface area (Å²) in [6, 6.07) is 5.33. The van der Waals surface area contributed by atoms with Crippen LogP contribution in [0.3, 0.4) is 0 Å². The lowest BCUT2D eigenvalue weighted by atomic mass is 10.00. The van der Waals surface area contributed by atoms with Crippen LogP contribution in [0.25, 0.3) is 31.8 Å². The van der Waals surface area contributed by atoms with Crippen LogP contribution < -0.4 is 14.8 Å². The second kappa shape index (κ2) is 8.55. The van der Waals surface area contributed by atoms with Crippen molar-refractivity contribution in [1.82, 2.24) is 20.3 Å². The predicted molar refractivity (Wildman–Crippen MR) is 136 cm³/mol. The summed E-state index contributed by atoms with van der Waals surface area (Å²) in [4.78, 5) is 26.0. The number of benzene rings is 2. The average molecular weight is 511 g/mol. The molecule has 0 unspecified atom stereocenters. The molecule has 10 heteroatoms. The van der Waals surface area contributed by atoms with Crippen LogP contribution in [0, 0.1) is 12.7 Å². The molecule has 1 atom stereocenters. The third-order valence-corrected chi connectivity index (χ3v) is 6.94. The van der Waals surface area contributed by atoms with Gasteiger partial charge in [-0.3, -0.25) is 0 Å². The van der Waals surface area contributed by atoms with Crippen LogP contribution in [0.5, 0.6) is 11.6 Å². The number of fused-ring (bicyclic) bond motifs is 4. The van der Waals surface area contributed by atoms with Crippen LogP contribution in [0.2, 0.25) is 0 Å². The highest BCUT2D eigenvalue weighted by atomic mass is 32.1. The number of thiazole rings is 1. The van der Waals surface area contributed by atoms with Gasteiger partial charge in [0.1, 0.15) is 17.2 Å². The molecular formula is C26H27FN4O4S. The minimum Gasteiger partial charge on any atom is -0.480 e. The van der Waals surface area contributed by atoms with Gasteiger partial charge in [-0.1, -0.05) is 0 Å². The van der Waals surface area contributed by atoms with Gasteiger partial charge in [-0.2, -0.15) is 0 Å². The molecule has 8 nitrogen and oxygen atoms in total. The molecule has 3 heterocycles. The van der Waals surface area contributed by atoms with E-state index in [-0.39, 0.29) is 12.4 Å². The Hall–Kier alpha value is -3.53. The van der Waals surface area contributed by atoms with Gasteiger partial charge in [0.05, 0.1) is 34.6 Å². The van der Waals surface area contributed by atoms with E-state index >= 15 is 4.39 Å². The van der Waals surface area contributed by atoms with Gasteiger partial charge in [0.15, 0.2) is 11.6 Å². The number of hydrogen-bond donors (Lipinski definition) is 1. The number of aryl methyl sites for hydroxylation is 1. The van der Waals surface area contributed by atoms with E-state index in [4.69, 9.17) is 19.2 Å². The predicted octanol–water partition coefficient (Wildman–Crippen LogP) is 5.58. The van der Waals surface area contributed by atoms with E-state index in [0.29, 0.717) is 33.9 Å². The summed E-state index contributed by atoms with van der Waals surface area (Å²) >= 11 is 1.45. The first-order valence-corrected chi connectivity index (χ1v) is 12.3. The standard InChI is InChI=1S/C26H27FN4O4S/c1-13-7-14(20-17(8-13)29-19(33-6)11-28-20)23-30-18-9-16(27)21-15(22(18)36-23)10-26(5,35-21)12-34-24(32)31-25(2,3)4/h7-9,11H,10,12H2,1-6H3,(H,31,32)/t26-/m0/s1. The molecule has 0 radical (unpaired) electrons. The minimum absolute atomic E-state index is 0.0177. The summed E-state index contributed by atoms with van der Waals surface area (Å²) in [5.74, 6) is 0.118. The van der Waals surface area contributed by atoms with E-state index in [1.54, 1.807) is 13.3 Å². The number of nitrogens with zero attached hydrogens (tertiary/aromatic N) is 3. The maximum Gasteiger partial charge on any atom is 0.407 e. The highest BCUT2D eigenvalue weighted by Gasteiger charge is 2.40. The zero-order valence-electron chi connectivity index (χ0n) is 21.0. The van der Waals surface area contributed by atoms with E-state index in [2.05, 4.69) is 15.3 Å². The molecule has 5 rings (SSSR count). The lowest BCUT2D eigenvalue weighted by molar-refractivity contribution is 0.0248. The first-order chi connectivity index (χ1) is 16.9. The molecule has 0 spiro atoms. The van der Waals surface area contributed by atoms with Gasteiger partial charge >= 0.3 is 6.09 Å². The summed E-state index contributed by atoms with van der Waals surface area (Å²) in [5, 5.41) is 3.46. The molecular weight excluding hydrogens is 483 g/mol. The number of alkyl carbamates (subject to hydrolysis) is 1. The Bertz CT molecular complexity index is 1510. The van der Waals surface area contributed by atoms with Crippen molar-refractivity contribution < 1.29 is 23.4 Å².